The fraction of sp³-hybridized carbons (Fsp3) is 0.250. The zero-order valence-electron chi connectivity index (χ0n) is 9.38. The monoisotopic (exact) mass is 245 g/mol. The Balaban J connectivity index is 1.98. The van der Waals surface area contributed by atoms with Gasteiger partial charge in [0.25, 0.3) is 0 Å². The maximum Gasteiger partial charge on any atom is 0.240 e. The summed E-state index contributed by atoms with van der Waals surface area (Å²) in [4.78, 5) is 5.33. The molecule has 1 aromatic carbocycles. The summed E-state index contributed by atoms with van der Waals surface area (Å²) >= 11 is 1.66. The van der Waals surface area contributed by atoms with Crippen LogP contribution in [0.5, 0.6) is 0 Å². The molecule has 5 heteroatoms. The van der Waals surface area contributed by atoms with Gasteiger partial charge in [-0.15, -0.1) is 11.8 Å². The second-order valence-electron chi connectivity index (χ2n) is 3.49. The van der Waals surface area contributed by atoms with E-state index in [0.717, 1.165) is 0 Å². The zero-order valence-corrected chi connectivity index (χ0v) is 10.2. The van der Waals surface area contributed by atoms with Crippen molar-refractivity contribution in [2.45, 2.75) is 24.0 Å². The first-order valence-corrected chi connectivity index (χ1v) is 6.15. The molecule has 0 aliphatic carbocycles. The highest BCUT2D eigenvalue weighted by molar-refractivity contribution is 7.98. The molecule has 0 aliphatic heterocycles. The summed E-state index contributed by atoms with van der Waals surface area (Å²) < 4.78 is 4.93. The Bertz CT molecular complexity index is 545. The Morgan fingerprint density at radius 2 is 2.24 bits per heavy atom. The summed E-state index contributed by atoms with van der Waals surface area (Å²) in [7, 11) is 0. The van der Waals surface area contributed by atoms with Crippen LogP contribution < -0.4 is 0 Å². The van der Waals surface area contributed by atoms with E-state index in [1.807, 2.05) is 18.2 Å². The number of rotatable bonds is 4. The second kappa shape index (κ2) is 5.51. The first-order chi connectivity index (χ1) is 8.29. The van der Waals surface area contributed by atoms with Crippen LogP contribution in [0.4, 0.5) is 0 Å². The molecular weight excluding hydrogens is 234 g/mol. The van der Waals surface area contributed by atoms with E-state index in [-0.39, 0.29) is 6.42 Å². The fourth-order valence-corrected chi connectivity index (χ4v) is 2.22. The van der Waals surface area contributed by atoms with E-state index in [0.29, 0.717) is 17.5 Å². The van der Waals surface area contributed by atoms with Crippen LogP contribution in [0.2, 0.25) is 0 Å². The third-order valence-electron chi connectivity index (χ3n) is 2.19. The SMILES string of the molecule is Cc1ccccc1SCc1noc(CC#N)n1. The topological polar surface area (TPSA) is 62.7 Å². The van der Waals surface area contributed by atoms with Crippen molar-refractivity contribution in [3.8, 4) is 6.07 Å². The minimum Gasteiger partial charge on any atom is -0.338 e. The molecule has 0 unspecified atom stereocenters. The molecule has 4 nitrogen and oxygen atoms in total. The molecule has 17 heavy (non-hydrogen) atoms. The summed E-state index contributed by atoms with van der Waals surface area (Å²) in [6.07, 6.45) is 0.169. The summed E-state index contributed by atoms with van der Waals surface area (Å²) in [5, 5.41) is 12.3. The summed E-state index contributed by atoms with van der Waals surface area (Å²) in [5.41, 5.74) is 1.23. The number of nitriles is 1. The van der Waals surface area contributed by atoms with Crippen LogP contribution in [0.15, 0.2) is 33.7 Å². The molecule has 2 aromatic rings. The number of aryl methyl sites for hydroxylation is 1. The molecule has 0 N–H and O–H groups in total. The van der Waals surface area contributed by atoms with E-state index in [1.165, 1.54) is 10.5 Å². The normalized spacial score (nSPS) is 10.1. The molecule has 1 heterocycles. The predicted molar refractivity (Wildman–Crippen MR) is 64.4 cm³/mol. The summed E-state index contributed by atoms with van der Waals surface area (Å²) in [6, 6.07) is 10.1. The summed E-state index contributed by atoms with van der Waals surface area (Å²) in [6.45, 7) is 2.07. The van der Waals surface area contributed by atoms with Gasteiger partial charge in [-0.3, -0.25) is 0 Å². The molecule has 0 fully saturated rings. The maximum atomic E-state index is 8.49. The molecule has 0 aliphatic rings. The Morgan fingerprint density at radius 1 is 1.41 bits per heavy atom. The van der Waals surface area contributed by atoms with Gasteiger partial charge in [-0.1, -0.05) is 23.4 Å². The first-order valence-electron chi connectivity index (χ1n) is 5.16. The van der Waals surface area contributed by atoms with Crippen molar-refractivity contribution in [3.05, 3.63) is 41.5 Å². The molecule has 0 radical (unpaired) electrons. The molecule has 0 bridgehead atoms. The van der Waals surface area contributed by atoms with Gasteiger partial charge in [0.1, 0.15) is 6.42 Å². The molecule has 0 amide bonds. The van der Waals surface area contributed by atoms with Crippen molar-refractivity contribution >= 4 is 11.8 Å². The van der Waals surface area contributed by atoms with E-state index >= 15 is 0 Å². The Morgan fingerprint density at radius 3 is 3.00 bits per heavy atom. The van der Waals surface area contributed by atoms with Crippen LogP contribution in [-0.2, 0) is 12.2 Å². The molecule has 86 valence electrons. The van der Waals surface area contributed by atoms with Crippen LogP contribution in [-0.4, -0.2) is 10.1 Å². The van der Waals surface area contributed by atoms with E-state index in [2.05, 4.69) is 29.2 Å². The third kappa shape index (κ3) is 3.08. The molecule has 0 saturated heterocycles. The predicted octanol–water partition coefficient (Wildman–Crippen LogP) is 2.74. The van der Waals surface area contributed by atoms with Gasteiger partial charge >= 0.3 is 0 Å². The minimum atomic E-state index is 0.169. The average Bonchev–Trinajstić information content (AvgIpc) is 2.76. The molecule has 1 aromatic heterocycles. The van der Waals surface area contributed by atoms with Crippen molar-refractivity contribution < 1.29 is 4.52 Å². The average molecular weight is 245 g/mol. The van der Waals surface area contributed by atoms with Crippen LogP contribution in [0.25, 0.3) is 0 Å². The van der Waals surface area contributed by atoms with Crippen LogP contribution in [0.3, 0.4) is 0 Å². The Hall–Kier alpha value is -1.80. The lowest BCUT2D eigenvalue weighted by atomic mass is 10.2. The minimum absolute atomic E-state index is 0.169. The van der Waals surface area contributed by atoms with Crippen molar-refractivity contribution in [2.75, 3.05) is 0 Å². The van der Waals surface area contributed by atoms with Gasteiger partial charge in [0, 0.05) is 4.90 Å². The standard InChI is InChI=1S/C12H11N3OS/c1-9-4-2-3-5-10(9)17-8-11-14-12(6-7-13)16-15-11/h2-5H,6,8H2,1H3. The Labute approximate surface area is 104 Å². The molecule has 0 spiro atoms. The van der Waals surface area contributed by atoms with Gasteiger partial charge in [-0.05, 0) is 18.6 Å². The van der Waals surface area contributed by atoms with E-state index < -0.39 is 0 Å². The molecular formula is C12H11N3OS. The highest BCUT2D eigenvalue weighted by Crippen LogP contribution is 2.24. The van der Waals surface area contributed by atoms with Crippen molar-refractivity contribution in [1.29, 1.82) is 5.26 Å². The lowest BCUT2D eigenvalue weighted by Crippen LogP contribution is -1.86. The van der Waals surface area contributed by atoms with Gasteiger partial charge in [0.2, 0.25) is 5.89 Å². The largest absolute Gasteiger partial charge is 0.338 e. The molecule has 0 atom stereocenters. The van der Waals surface area contributed by atoms with Gasteiger partial charge in [0.05, 0.1) is 11.8 Å². The Kier molecular flexibility index (Phi) is 3.78. The van der Waals surface area contributed by atoms with Crippen LogP contribution in [0, 0.1) is 18.3 Å². The third-order valence-corrected chi connectivity index (χ3v) is 3.36. The first kappa shape index (κ1) is 11.7. The second-order valence-corrected chi connectivity index (χ2v) is 4.51. The number of benzene rings is 1. The van der Waals surface area contributed by atoms with Crippen molar-refractivity contribution in [1.82, 2.24) is 10.1 Å². The van der Waals surface area contributed by atoms with E-state index in [4.69, 9.17) is 9.78 Å². The number of nitrogens with zero attached hydrogens (tertiary/aromatic N) is 3. The van der Waals surface area contributed by atoms with E-state index in [1.54, 1.807) is 11.8 Å². The lowest BCUT2D eigenvalue weighted by Gasteiger charge is -2.01. The van der Waals surface area contributed by atoms with Gasteiger partial charge in [-0.25, -0.2) is 0 Å². The smallest absolute Gasteiger partial charge is 0.240 e. The van der Waals surface area contributed by atoms with Crippen LogP contribution >= 0.6 is 11.8 Å². The van der Waals surface area contributed by atoms with Gasteiger partial charge < -0.3 is 4.52 Å². The quantitative estimate of drug-likeness (QED) is 0.775. The van der Waals surface area contributed by atoms with E-state index in [9.17, 15) is 0 Å². The van der Waals surface area contributed by atoms with Gasteiger partial charge in [0.15, 0.2) is 5.82 Å². The van der Waals surface area contributed by atoms with Crippen LogP contribution in [0.1, 0.15) is 17.3 Å². The van der Waals surface area contributed by atoms with Gasteiger partial charge in [-0.2, -0.15) is 10.2 Å². The number of aromatic nitrogens is 2. The lowest BCUT2D eigenvalue weighted by molar-refractivity contribution is 0.383. The highest BCUT2D eigenvalue weighted by atomic mass is 32.2. The van der Waals surface area contributed by atoms with Crippen molar-refractivity contribution in [3.63, 3.8) is 0 Å². The van der Waals surface area contributed by atoms with Crippen molar-refractivity contribution in [2.24, 2.45) is 0 Å². The maximum absolute atomic E-state index is 8.49. The molecule has 0 saturated carbocycles. The summed E-state index contributed by atoms with van der Waals surface area (Å²) in [5.74, 6) is 1.66. The number of hydrogen-bond acceptors (Lipinski definition) is 5. The molecule has 2 rings (SSSR count). The number of hydrogen-bond donors (Lipinski definition) is 0. The fourth-order valence-electron chi connectivity index (χ4n) is 1.35. The number of thioether (sulfide) groups is 1. The zero-order chi connectivity index (χ0) is 12.1. The highest BCUT2D eigenvalue weighted by Gasteiger charge is 2.06.